The highest BCUT2D eigenvalue weighted by Gasteiger charge is 2.40. The van der Waals surface area contributed by atoms with E-state index in [2.05, 4.69) is 4.57 Å². The van der Waals surface area contributed by atoms with E-state index in [0.29, 0.717) is 20.6 Å². The molecule has 2 amide bonds. The fourth-order valence-electron chi connectivity index (χ4n) is 5.02. The topological polar surface area (TPSA) is 45.6 Å². The predicted octanol–water partition coefficient (Wildman–Crippen LogP) is 7.18. The first-order chi connectivity index (χ1) is 17.9. The number of hydrogen-bond donors (Lipinski definition) is 0. The average molecular weight is 551 g/mol. The van der Waals surface area contributed by atoms with E-state index in [0.717, 1.165) is 35.5 Å². The summed E-state index contributed by atoms with van der Waals surface area (Å²) in [6, 6.07) is 23.8. The molecule has 6 rings (SSSR count). The Morgan fingerprint density at radius 2 is 1.62 bits per heavy atom. The van der Waals surface area contributed by atoms with Crippen molar-refractivity contribution in [1.82, 2.24) is 9.47 Å². The Morgan fingerprint density at radius 1 is 0.838 bits per heavy atom. The van der Waals surface area contributed by atoms with Crippen LogP contribution in [-0.2, 0) is 4.79 Å². The van der Waals surface area contributed by atoms with Crippen molar-refractivity contribution in [3.8, 4) is 5.69 Å². The zero-order valence-electron chi connectivity index (χ0n) is 19.7. The number of aromatic nitrogens is 1. The van der Waals surface area contributed by atoms with Crippen molar-refractivity contribution in [3.63, 3.8) is 0 Å². The summed E-state index contributed by atoms with van der Waals surface area (Å²) in [6.07, 6.45) is 3.72. The van der Waals surface area contributed by atoms with Gasteiger partial charge in [-0.05, 0) is 73.0 Å². The summed E-state index contributed by atoms with van der Waals surface area (Å²) >= 11 is 18.6. The van der Waals surface area contributed by atoms with Crippen LogP contribution in [0.25, 0.3) is 5.69 Å². The molecule has 5 nitrogen and oxygen atoms in total. The molecule has 1 saturated carbocycles. The number of carbonyl (C=O) groups is 2. The van der Waals surface area contributed by atoms with Crippen LogP contribution in [0, 0.1) is 0 Å². The molecule has 1 atom stereocenters. The molecule has 186 valence electrons. The fourth-order valence-corrected chi connectivity index (χ4v) is 5.52. The summed E-state index contributed by atoms with van der Waals surface area (Å²) in [5.41, 5.74) is 3.93. The molecule has 0 spiro atoms. The molecule has 1 unspecified atom stereocenters. The summed E-state index contributed by atoms with van der Waals surface area (Å²) in [6.45, 7) is -0.0597. The first kappa shape index (κ1) is 24.1. The molecular formula is C29H22Cl3N3O2. The maximum atomic E-state index is 14.2. The van der Waals surface area contributed by atoms with Gasteiger partial charge in [0.15, 0.2) is 0 Å². The summed E-state index contributed by atoms with van der Waals surface area (Å²) < 4.78 is 2.10. The SMILES string of the molecule is O=C(c1ccc(Cl)c(Cl)c1)N(CC(=O)N1c2ccccc2-n2cccc2C1c1cccc(Cl)c1)C1CC1. The first-order valence-corrected chi connectivity index (χ1v) is 13.2. The number of carbonyl (C=O) groups excluding carboxylic acids is 2. The molecule has 1 aliphatic carbocycles. The van der Waals surface area contributed by atoms with Crippen LogP contribution in [0.2, 0.25) is 15.1 Å². The zero-order valence-corrected chi connectivity index (χ0v) is 21.9. The lowest BCUT2D eigenvalue weighted by Gasteiger charge is -2.39. The monoisotopic (exact) mass is 549 g/mol. The molecule has 1 fully saturated rings. The Hall–Kier alpha value is -3.25. The van der Waals surface area contributed by atoms with E-state index < -0.39 is 6.04 Å². The molecular weight excluding hydrogens is 529 g/mol. The van der Waals surface area contributed by atoms with Gasteiger partial charge in [-0.3, -0.25) is 14.5 Å². The average Bonchev–Trinajstić information content (AvgIpc) is 3.62. The van der Waals surface area contributed by atoms with E-state index in [1.54, 1.807) is 28.0 Å². The third-order valence-corrected chi connectivity index (χ3v) is 7.85. The van der Waals surface area contributed by atoms with E-state index in [4.69, 9.17) is 34.8 Å². The molecule has 8 heteroatoms. The minimum atomic E-state index is -0.405. The van der Waals surface area contributed by atoms with Gasteiger partial charge in [0.2, 0.25) is 5.91 Å². The highest BCUT2D eigenvalue weighted by Crippen LogP contribution is 2.43. The molecule has 37 heavy (non-hydrogen) atoms. The van der Waals surface area contributed by atoms with Gasteiger partial charge in [-0.15, -0.1) is 0 Å². The lowest BCUT2D eigenvalue weighted by molar-refractivity contribution is -0.119. The molecule has 4 aromatic rings. The van der Waals surface area contributed by atoms with Gasteiger partial charge in [0.1, 0.15) is 12.6 Å². The van der Waals surface area contributed by atoms with Gasteiger partial charge >= 0.3 is 0 Å². The third-order valence-electron chi connectivity index (χ3n) is 6.87. The van der Waals surface area contributed by atoms with Crippen molar-refractivity contribution in [2.45, 2.75) is 24.9 Å². The van der Waals surface area contributed by atoms with Crippen LogP contribution >= 0.6 is 34.8 Å². The maximum absolute atomic E-state index is 14.2. The molecule has 3 aromatic carbocycles. The van der Waals surface area contributed by atoms with E-state index >= 15 is 0 Å². The lowest BCUT2D eigenvalue weighted by Crippen LogP contribution is -2.47. The van der Waals surface area contributed by atoms with Crippen molar-refractivity contribution in [2.75, 3.05) is 11.4 Å². The molecule has 1 aromatic heterocycles. The van der Waals surface area contributed by atoms with Crippen LogP contribution in [0.3, 0.4) is 0 Å². The molecule has 1 aliphatic heterocycles. The van der Waals surface area contributed by atoms with Gasteiger partial charge in [-0.1, -0.05) is 59.1 Å². The molecule has 2 aliphatic rings. The Kier molecular flexibility index (Phi) is 6.23. The second-order valence-corrected chi connectivity index (χ2v) is 10.6. The van der Waals surface area contributed by atoms with Crippen molar-refractivity contribution >= 4 is 52.3 Å². The van der Waals surface area contributed by atoms with E-state index in [1.165, 1.54) is 0 Å². The number of benzene rings is 3. The smallest absolute Gasteiger partial charge is 0.254 e. The molecule has 2 heterocycles. The van der Waals surface area contributed by atoms with Gasteiger partial charge in [-0.2, -0.15) is 0 Å². The number of rotatable bonds is 5. The number of anilines is 1. The van der Waals surface area contributed by atoms with Crippen molar-refractivity contribution in [1.29, 1.82) is 0 Å². The van der Waals surface area contributed by atoms with Gasteiger partial charge in [0.05, 0.1) is 27.1 Å². The number of para-hydroxylation sites is 2. The van der Waals surface area contributed by atoms with Crippen LogP contribution < -0.4 is 4.90 Å². The number of nitrogens with zero attached hydrogens (tertiary/aromatic N) is 3. The van der Waals surface area contributed by atoms with Crippen LogP contribution in [0.15, 0.2) is 85.1 Å². The minimum absolute atomic E-state index is 0.0134. The predicted molar refractivity (Wildman–Crippen MR) is 147 cm³/mol. The van der Waals surface area contributed by atoms with Gasteiger partial charge in [0.25, 0.3) is 5.91 Å². The minimum Gasteiger partial charge on any atom is -0.326 e. The fraction of sp³-hybridized carbons (Fsp3) is 0.172. The van der Waals surface area contributed by atoms with E-state index in [9.17, 15) is 9.59 Å². The van der Waals surface area contributed by atoms with E-state index in [1.807, 2.05) is 66.9 Å². The summed E-state index contributed by atoms with van der Waals surface area (Å²) in [5.74, 6) is -0.410. The Bertz CT molecular complexity index is 1530. The number of fused-ring (bicyclic) bond motifs is 3. The molecule has 0 bridgehead atoms. The summed E-state index contributed by atoms with van der Waals surface area (Å²) in [7, 11) is 0. The Balaban J connectivity index is 1.41. The van der Waals surface area contributed by atoms with Crippen molar-refractivity contribution in [2.24, 2.45) is 0 Å². The van der Waals surface area contributed by atoms with Crippen LogP contribution in [0.5, 0.6) is 0 Å². The van der Waals surface area contributed by atoms with Crippen LogP contribution in [0.4, 0.5) is 5.69 Å². The van der Waals surface area contributed by atoms with Gasteiger partial charge in [0, 0.05) is 22.8 Å². The Labute approximate surface area is 229 Å². The highest BCUT2D eigenvalue weighted by molar-refractivity contribution is 6.42. The van der Waals surface area contributed by atoms with Crippen LogP contribution in [0.1, 0.15) is 40.5 Å². The number of hydrogen-bond acceptors (Lipinski definition) is 2. The number of halogens is 3. The lowest BCUT2D eigenvalue weighted by atomic mass is 9.97. The maximum Gasteiger partial charge on any atom is 0.254 e. The van der Waals surface area contributed by atoms with Crippen LogP contribution in [-0.4, -0.2) is 33.9 Å². The number of amides is 2. The second kappa shape index (κ2) is 9.56. The largest absolute Gasteiger partial charge is 0.326 e. The van der Waals surface area contributed by atoms with Gasteiger partial charge in [-0.25, -0.2) is 0 Å². The van der Waals surface area contributed by atoms with Crippen molar-refractivity contribution < 1.29 is 9.59 Å². The third kappa shape index (κ3) is 4.42. The van der Waals surface area contributed by atoms with Crippen molar-refractivity contribution in [3.05, 3.63) is 117 Å². The quantitative estimate of drug-likeness (QED) is 0.264. The summed E-state index contributed by atoms with van der Waals surface area (Å²) in [5, 5.41) is 1.28. The van der Waals surface area contributed by atoms with Gasteiger partial charge < -0.3 is 9.47 Å². The Morgan fingerprint density at radius 3 is 2.35 bits per heavy atom. The molecule has 0 radical (unpaired) electrons. The summed E-state index contributed by atoms with van der Waals surface area (Å²) in [4.78, 5) is 31.2. The highest BCUT2D eigenvalue weighted by atomic mass is 35.5. The normalized spacial score (nSPS) is 16.2. The zero-order chi connectivity index (χ0) is 25.7. The molecule has 0 saturated heterocycles. The standard InChI is InChI=1S/C29H22Cl3N3O2/c30-20-6-3-5-18(15-20)28-26-9-4-14-33(26)24-7-1-2-8-25(24)35(28)27(36)17-34(21-11-12-21)29(37)19-10-13-22(31)23(32)16-19/h1-10,13-16,21,28H,11-12,17H2. The first-order valence-electron chi connectivity index (χ1n) is 12.0. The molecule has 0 N–H and O–H groups in total. The van der Waals surface area contributed by atoms with E-state index in [-0.39, 0.29) is 24.4 Å². The second-order valence-electron chi connectivity index (χ2n) is 9.31.